The van der Waals surface area contributed by atoms with Gasteiger partial charge in [0.1, 0.15) is 5.75 Å². The number of carbonyl (C=O) groups excluding carboxylic acids is 1. The van der Waals surface area contributed by atoms with Crippen LogP contribution in [-0.4, -0.2) is 12.5 Å². The van der Waals surface area contributed by atoms with Gasteiger partial charge >= 0.3 is 0 Å². The van der Waals surface area contributed by atoms with Gasteiger partial charge in [-0.25, -0.2) is 0 Å². The highest BCUT2D eigenvalue weighted by atomic mass is 16.5. The molecule has 0 aromatic heterocycles. The molecular weight excluding hydrogens is 240 g/mol. The standard InChI is InChI=1S/C15H16N2O2/c1-11-7-8-12(16)9-14(11)17-15(18)10-19-13-5-3-2-4-6-13/h2-9H,10,16H2,1H3,(H,17,18). The molecule has 0 saturated heterocycles. The molecule has 2 aromatic carbocycles. The van der Waals surface area contributed by atoms with Gasteiger partial charge < -0.3 is 15.8 Å². The number of amides is 1. The molecule has 0 saturated carbocycles. The molecule has 3 N–H and O–H groups in total. The van der Waals surface area contributed by atoms with Crippen LogP contribution < -0.4 is 15.8 Å². The van der Waals surface area contributed by atoms with E-state index in [0.717, 1.165) is 5.56 Å². The van der Waals surface area contributed by atoms with Gasteiger partial charge in [-0.1, -0.05) is 24.3 Å². The zero-order valence-corrected chi connectivity index (χ0v) is 10.7. The third-order valence-corrected chi connectivity index (χ3v) is 2.65. The van der Waals surface area contributed by atoms with Crippen LogP contribution >= 0.6 is 0 Å². The molecule has 1 amide bonds. The van der Waals surface area contributed by atoms with E-state index in [2.05, 4.69) is 5.32 Å². The lowest BCUT2D eigenvalue weighted by molar-refractivity contribution is -0.118. The quantitative estimate of drug-likeness (QED) is 0.826. The molecule has 98 valence electrons. The molecule has 0 heterocycles. The van der Waals surface area contributed by atoms with Crippen molar-refractivity contribution in [2.45, 2.75) is 6.92 Å². The van der Waals surface area contributed by atoms with E-state index in [0.29, 0.717) is 17.1 Å². The van der Waals surface area contributed by atoms with E-state index in [-0.39, 0.29) is 12.5 Å². The number of nitrogens with one attached hydrogen (secondary N) is 1. The minimum atomic E-state index is -0.211. The maximum Gasteiger partial charge on any atom is 0.262 e. The number of aryl methyl sites for hydroxylation is 1. The van der Waals surface area contributed by atoms with Gasteiger partial charge in [-0.15, -0.1) is 0 Å². The van der Waals surface area contributed by atoms with Crippen molar-refractivity contribution in [3.05, 3.63) is 54.1 Å². The van der Waals surface area contributed by atoms with E-state index >= 15 is 0 Å². The van der Waals surface area contributed by atoms with Crippen LogP contribution in [0.4, 0.5) is 11.4 Å². The predicted octanol–water partition coefficient (Wildman–Crippen LogP) is 2.59. The summed E-state index contributed by atoms with van der Waals surface area (Å²) in [5, 5.41) is 2.78. The first kappa shape index (κ1) is 13.0. The molecule has 0 fully saturated rings. The molecule has 4 heteroatoms. The number of nitrogens with two attached hydrogens (primary N) is 1. The minimum absolute atomic E-state index is 0.0295. The average Bonchev–Trinajstić information content (AvgIpc) is 2.42. The molecule has 0 atom stereocenters. The Balaban J connectivity index is 1.93. The number of para-hydroxylation sites is 1. The van der Waals surface area contributed by atoms with Gasteiger partial charge in [0.25, 0.3) is 5.91 Å². The third-order valence-electron chi connectivity index (χ3n) is 2.65. The van der Waals surface area contributed by atoms with Crippen molar-refractivity contribution >= 4 is 17.3 Å². The SMILES string of the molecule is Cc1ccc(N)cc1NC(=O)COc1ccccc1. The maximum absolute atomic E-state index is 11.8. The van der Waals surface area contributed by atoms with Gasteiger partial charge in [0.15, 0.2) is 6.61 Å². The Kier molecular flexibility index (Phi) is 4.03. The fourth-order valence-corrected chi connectivity index (χ4v) is 1.63. The summed E-state index contributed by atoms with van der Waals surface area (Å²) in [5.41, 5.74) is 7.97. The monoisotopic (exact) mass is 256 g/mol. The average molecular weight is 256 g/mol. The van der Waals surface area contributed by atoms with Crippen LogP contribution in [0.3, 0.4) is 0 Å². The first-order valence-electron chi connectivity index (χ1n) is 5.99. The Bertz CT molecular complexity index is 568. The minimum Gasteiger partial charge on any atom is -0.484 e. The van der Waals surface area contributed by atoms with Gasteiger partial charge in [0, 0.05) is 11.4 Å². The largest absolute Gasteiger partial charge is 0.484 e. The number of benzene rings is 2. The summed E-state index contributed by atoms with van der Waals surface area (Å²) in [6.45, 7) is 1.88. The normalized spacial score (nSPS) is 9.95. The zero-order valence-electron chi connectivity index (χ0n) is 10.7. The van der Waals surface area contributed by atoms with Gasteiger partial charge in [-0.2, -0.15) is 0 Å². The molecule has 0 aliphatic rings. The summed E-state index contributed by atoms with van der Waals surface area (Å²) in [6.07, 6.45) is 0. The van der Waals surface area contributed by atoms with Crippen molar-refractivity contribution in [2.24, 2.45) is 0 Å². The number of ether oxygens (including phenoxy) is 1. The van der Waals surface area contributed by atoms with Crippen LogP contribution in [0, 0.1) is 6.92 Å². The second-order valence-corrected chi connectivity index (χ2v) is 4.22. The molecule has 2 aromatic rings. The molecule has 0 bridgehead atoms. The van der Waals surface area contributed by atoms with E-state index in [4.69, 9.17) is 10.5 Å². The van der Waals surface area contributed by atoms with E-state index in [1.807, 2.05) is 31.2 Å². The first-order valence-corrected chi connectivity index (χ1v) is 5.99. The number of carbonyl (C=O) groups is 1. The second kappa shape index (κ2) is 5.91. The van der Waals surface area contributed by atoms with Crippen molar-refractivity contribution in [1.29, 1.82) is 0 Å². The lowest BCUT2D eigenvalue weighted by Gasteiger charge is -2.10. The molecule has 0 unspecified atom stereocenters. The van der Waals surface area contributed by atoms with Gasteiger partial charge in [0.05, 0.1) is 0 Å². The summed E-state index contributed by atoms with van der Waals surface area (Å²) in [6, 6.07) is 14.6. The Hall–Kier alpha value is -2.49. The zero-order chi connectivity index (χ0) is 13.7. The fourth-order valence-electron chi connectivity index (χ4n) is 1.63. The molecule has 2 rings (SSSR count). The summed E-state index contributed by atoms with van der Waals surface area (Å²) in [5.74, 6) is 0.458. The number of nitrogen functional groups attached to an aromatic ring is 1. The lowest BCUT2D eigenvalue weighted by Crippen LogP contribution is -2.20. The van der Waals surface area contributed by atoms with Crippen molar-refractivity contribution < 1.29 is 9.53 Å². The Morgan fingerprint density at radius 2 is 1.95 bits per heavy atom. The highest BCUT2D eigenvalue weighted by molar-refractivity contribution is 5.93. The Labute approximate surface area is 112 Å². The second-order valence-electron chi connectivity index (χ2n) is 4.22. The fraction of sp³-hybridized carbons (Fsp3) is 0.133. The number of hydrogen-bond acceptors (Lipinski definition) is 3. The van der Waals surface area contributed by atoms with Crippen LogP contribution in [0.5, 0.6) is 5.75 Å². The maximum atomic E-state index is 11.8. The van der Waals surface area contributed by atoms with Crippen molar-refractivity contribution in [3.63, 3.8) is 0 Å². The van der Waals surface area contributed by atoms with Crippen LogP contribution in [0.1, 0.15) is 5.56 Å². The van der Waals surface area contributed by atoms with Gasteiger partial charge in [-0.3, -0.25) is 4.79 Å². The Morgan fingerprint density at radius 3 is 2.68 bits per heavy atom. The molecule has 0 aliphatic heterocycles. The van der Waals surface area contributed by atoms with Crippen LogP contribution in [0.25, 0.3) is 0 Å². The molecule has 4 nitrogen and oxygen atoms in total. The van der Waals surface area contributed by atoms with Crippen molar-refractivity contribution in [2.75, 3.05) is 17.7 Å². The van der Waals surface area contributed by atoms with E-state index in [1.165, 1.54) is 0 Å². The number of rotatable bonds is 4. The topological polar surface area (TPSA) is 64.3 Å². The third kappa shape index (κ3) is 3.74. The molecule has 0 spiro atoms. The smallest absolute Gasteiger partial charge is 0.262 e. The van der Waals surface area contributed by atoms with Crippen molar-refractivity contribution in [1.82, 2.24) is 0 Å². The van der Waals surface area contributed by atoms with E-state index in [9.17, 15) is 4.79 Å². The number of hydrogen-bond donors (Lipinski definition) is 2. The lowest BCUT2D eigenvalue weighted by atomic mass is 10.2. The van der Waals surface area contributed by atoms with Gasteiger partial charge in [-0.05, 0) is 36.8 Å². The van der Waals surface area contributed by atoms with Crippen LogP contribution in [-0.2, 0) is 4.79 Å². The summed E-state index contributed by atoms with van der Waals surface area (Å²) >= 11 is 0. The molecule has 19 heavy (non-hydrogen) atoms. The van der Waals surface area contributed by atoms with Crippen LogP contribution in [0.2, 0.25) is 0 Å². The van der Waals surface area contributed by atoms with Gasteiger partial charge in [0.2, 0.25) is 0 Å². The number of anilines is 2. The van der Waals surface area contributed by atoms with Crippen LogP contribution in [0.15, 0.2) is 48.5 Å². The molecular formula is C15H16N2O2. The highest BCUT2D eigenvalue weighted by Gasteiger charge is 2.06. The molecule has 0 radical (unpaired) electrons. The summed E-state index contributed by atoms with van der Waals surface area (Å²) in [4.78, 5) is 11.8. The highest BCUT2D eigenvalue weighted by Crippen LogP contribution is 2.18. The summed E-state index contributed by atoms with van der Waals surface area (Å²) < 4.78 is 5.37. The van der Waals surface area contributed by atoms with Crippen molar-refractivity contribution in [3.8, 4) is 5.75 Å². The molecule has 0 aliphatic carbocycles. The van der Waals surface area contributed by atoms with E-state index < -0.39 is 0 Å². The van der Waals surface area contributed by atoms with E-state index in [1.54, 1.807) is 24.3 Å². The Morgan fingerprint density at radius 1 is 1.21 bits per heavy atom. The first-order chi connectivity index (χ1) is 9.15. The predicted molar refractivity (Wildman–Crippen MR) is 76.2 cm³/mol. The summed E-state index contributed by atoms with van der Waals surface area (Å²) in [7, 11) is 0.